The Balaban J connectivity index is 3.36. The SMILES string of the molecule is C=CCN(CC)C(=O)c1cc(F)ccc1S(=O)(=O)Cl. The summed E-state index contributed by atoms with van der Waals surface area (Å²) in [6.45, 7) is 5.79. The van der Waals surface area contributed by atoms with Crippen LogP contribution in [0.15, 0.2) is 35.7 Å². The van der Waals surface area contributed by atoms with Crippen LogP contribution >= 0.6 is 10.7 Å². The van der Waals surface area contributed by atoms with Crippen LogP contribution in [-0.4, -0.2) is 32.3 Å². The molecule has 0 radical (unpaired) electrons. The van der Waals surface area contributed by atoms with Crippen molar-refractivity contribution in [3.63, 3.8) is 0 Å². The Hall–Kier alpha value is -1.40. The van der Waals surface area contributed by atoms with Crippen molar-refractivity contribution in [3.05, 3.63) is 42.2 Å². The zero-order valence-electron chi connectivity index (χ0n) is 10.3. The number of carbonyl (C=O) groups is 1. The molecule has 0 spiro atoms. The van der Waals surface area contributed by atoms with E-state index in [1.807, 2.05) is 0 Å². The molecule has 0 N–H and O–H groups in total. The van der Waals surface area contributed by atoms with Crippen LogP contribution in [0.2, 0.25) is 0 Å². The summed E-state index contributed by atoms with van der Waals surface area (Å²) >= 11 is 0. The first kappa shape index (κ1) is 15.7. The zero-order valence-corrected chi connectivity index (χ0v) is 11.8. The van der Waals surface area contributed by atoms with Crippen molar-refractivity contribution in [1.82, 2.24) is 4.90 Å². The van der Waals surface area contributed by atoms with Crippen molar-refractivity contribution < 1.29 is 17.6 Å². The van der Waals surface area contributed by atoms with Crippen molar-refractivity contribution in [3.8, 4) is 0 Å². The van der Waals surface area contributed by atoms with Crippen molar-refractivity contribution >= 4 is 25.6 Å². The molecule has 19 heavy (non-hydrogen) atoms. The third-order valence-electron chi connectivity index (χ3n) is 2.45. The maximum atomic E-state index is 13.2. The molecule has 7 heteroatoms. The lowest BCUT2D eigenvalue weighted by Gasteiger charge is -2.20. The molecule has 0 unspecified atom stereocenters. The third-order valence-corrected chi connectivity index (χ3v) is 3.83. The highest BCUT2D eigenvalue weighted by atomic mass is 35.7. The Kier molecular flexibility index (Phi) is 5.08. The first-order valence-corrected chi connectivity index (χ1v) is 7.76. The fourth-order valence-corrected chi connectivity index (χ4v) is 2.61. The van der Waals surface area contributed by atoms with Gasteiger partial charge in [-0.25, -0.2) is 12.8 Å². The van der Waals surface area contributed by atoms with Crippen molar-refractivity contribution in [1.29, 1.82) is 0 Å². The largest absolute Gasteiger partial charge is 0.335 e. The molecule has 0 saturated carbocycles. The second-order valence-electron chi connectivity index (χ2n) is 3.71. The van der Waals surface area contributed by atoms with E-state index in [0.717, 1.165) is 18.2 Å². The molecule has 0 saturated heterocycles. The Labute approximate surface area is 115 Å². The van der Waals surface area contributed by atoms with E-state index < -0.39 is 25.7 Å². The Bertz CT molecular complexity index is 601. The standard InChI is InChI=1S/C12H13ClFNO3S/c1-3-7-15(4-2)12(16)10-8-9(14)5-6-11(10)19(13,17)18/h3,5-6,8H,1,4,7H2,2H3. The number of hydrogen-bond acceptors (Lipinski definition) is 3. The first-order valence-electron chi connectivity index (χ1n) is 5.45. The number of hydrogen-bond donors (Lipinski definition) is 0. The second-order valence-corrected chi connectivity index (χ2v) is 6.25. The molecule has 1 rings (SSSR count). The second kappa shape index (κ2) is 6.16. The number of rotatable bonds is 5. The number of likely N-dealkylation sites (N-methyl/N-ethyl adjacent to an activating group) is 1. The lowest BCUT2D eigenvalue weighted by molar-refractivity contribution is 0.0778. The van der Waals surface area contributed by atoms with Gasteiger partial charge in [-0.15, -0.1) is 6.58 Å². The summed E-state index contributed by atoms with van der Waals surface area (Å²) in [6.07, 6.45) is 1.50. The summed E-state index contributed by atoms with van der Waals surface area (Å²) in [4.78, 5) is 13.1. The van der Waals surface area contributed by atoms with E-state index >= 15 is 0 Å². The summed E-state index contributed by atoms with van der Waals surface area (Å²) in [5.74, 6) is -1.32. The predicted molar refractivity (Wildman–Crippen MR) is 71.2 cm³/mol. The monoisotopic (exact) mass is 305 g/mol. The maximum absolute atomic E-state index is 13.2. The van der Waals surface area contributed by atoms with Gasteiger partial charge in [-0.3, -0.25) is 4.79 Å². The van der Waals surface area contributed by atoms with Gasteiger partial charge in [-0.2, -0.15) is 0 Å². The fourth-order valence-electron chi connectivity index (χ4n) is 1.56. The van der Waals surface area contributed by atoms with E-state index in [2.05, 4.69) is 6.58 Å². The number of benzene rings is 1. The van der Waals surface area contributed by atoms with E-state index in [9.17, 15) is 17.6 Å². The smallest absolute Gasteiger partial charge is 0.262 e. The van der Waals surface area contributed by atoms with Crippen LogP contribution in [0.4, 0.5) is 4.39 Å². The highest BCUT2D eigenvalue weighted by molar-refractivity contribution is 8.13. The summed E-state index contributed by atoms with van der Waals surface area (Å²) in [5.41, 5.74) is -0.279. The minimum absolute atomic E-state index is 0.230. The van der Waals surface area contributed by atoms with Gasteiger partial charge < -0.3 is 4.90 Å². The van der Waals surface area contributed by atoms with Crippen LogP contribution in [0.1, 0.15) is 17.3 Å². The maximum Gasteiger partial charge on any atom is 0.262 e. The van der Waals surface area contributed by atoms with Crippen molar-refractivity contribution in [2.45, 2.75) is 11.8 Å². The summed E-state index contributed by atoms with van der Waals surface area (Å²) in [5, 5.41) is 0. The lowest BCUT2D eigenvalue weighted by atomic mass is 10.2. The Morgan fingerprint density at radius 2 is 2.16 bits per heavy atom. The zero-order chi connectivity index (χ0) is 14.6. The molecule has 4 nitrogen and oxygen atoms in total. The van der Waals surface area contributed by atoms with Gasteiger partial charge in [0.15, 0.2) is 0 Å². The Morgan fingerprint density at radius 1 is 1.53 bits per heavy atom. The molecule has 0 aliphatic rings. The topological polar surface area (TPSA) is 54.5 Å². The number of carbonyl (C=O) groups excluding carboxylic acids is 1. The first-order chi connectivity index (χ1) is 8.81. The normalized spacial score (nSPS) is 11.1. The highest BCUT2D eigenvalue weighted by Gasteiger charge is 2.24. The minimum Gasteiger partial charge on any atom is -0.335 e. The average Bonchev–Trinajstić information content (AvgIpc) is 2.33. The molecule has 0 aliphatic heterocycles. The molecule has 0 atom stereocenters. The Morgan fingerprint density at radius 3 is 2.63 bits per heavy atom. The third kappa shape index (κ3) is 3.78. The molecule has 104 valence electrons. The molecule has 0 fully saturated rings. The van der Waals surface area contributed by atoms with Gasteiger partial charge in [0.25, 0.3) is 15.0 Å². The van der Waals surface area contributed by atoms with Crippen LogP contribution in [0.5, 0.6) is 0 Å². The van der Waals surface area contributed by atoms with E-state index in [1.54, 1.807) is 6.92 Å². The van der Waals surface area contributed by atoms with Gasteiger partial charge in [0.05, 0.1) is 10.5 Å². The molecule has 0 aromatic heterocycles. The van der Waals surface area contributed by atoms with E-state index in [-0.39, 0.29) is 12.1 Å². The molecular formula is C12H13ClFNO3S. The van der Waals surface area contributed by atoms with E-state index in [0.29, 0.717) is 6.54 Å². The minimum atomic E-state index is -4.12. The van der Waals surface area contributed by atoms with Gasteiger partial charge in [0.2, 0.25) is 0 Å². The molecule has 0 bridgehead atoms. The molecule has 1 aromatic carbocycles. The lowest BCUT2D eigenvalue weighted by Crippen LogP contribution is -2.31. The van der Waals surface area contributed by atoms with Crippen LogP contribution in [0, 0.1) is 5.82 Å². The van der Waals surface area contributed by atoms with E-state index in [4.69, 9.17) is 10.7 Å². The molecule has 1 aromatic rings. The van der Waals surface area contributed by atoms with Gasteiger partial charge >= 0.3 is 0 Å². The summed E-state index contributed by atoms with van der Waals surface area (Å²) in [6, 6.07) is 2.78. The van der Waals surface area contributed by atoms with Gasteiger partial charge in [-0.05, 0) is 25.1 Å². The van der Waals surface area contributed by atoms with Crippen molar-refractivity contribution in [2.75, 3.05) is 13.1 Å². The fraction of sp³-hybridized carbons (Fsp3) is 0.250. The van der Waals surface area contributed by atoms with Gasteiger partial charge in [-0.1, -0.05) is 6.08 Å². The number of halogens is 2. The summed E-state index contributed by atoms with van der Waals surface area (Å²) < 4.78 is 36.0. The average molecular weight is 306 g/mol. The summed E-state index contributed by atoms with van der Waals surface area (Å²) in [7, 11) is 1.12. The van der Waals surface area contributed by atoms with Crippen LogP contribution in [-0.2, 0) is 9.05 Å². The number of nitrogens with zero attached hydrogens (tertiary/aromatic N) is 1. The molecule has 0 heterocycles. The predicted octanol–water partition coefficient (Wildman–Crippen LogP) is 2.40. The number of amides is 1. The molecular weight excluding hydrogens is 293 g/mol. The van der Waals surface area contributed by atoms with Crippen LogP contribution in [0.3, 0.4) is 0 Å². The molecule has 1 amide bonds. The van der Waals surface area contributed by atoms with Gasteiger partial charge in [0.1, 0.15) is 5.82 Å². The van der Waals surface area contributed by atoms with Crippen LogP contribution in [0.25, 0.3) is 0 Å². The van der Waals surface area contributed by atoms with Gasteiger partial charge in [0, 0.05) is 23.8 Å². The van der Waals surface area contributed by atoms with Crippen molar-refractivity contribution in [2.24, 2.45) is 0 Å². The van der Waals surface area contributed by atoms with E-state index in [1.165, 1.54) is 11.0 Å². The van der Waals surface area contributed by atoms with Crippen LogP contribution < -0.4 is 0 Å². The highest BCUT2D eigenvalue weighted by Crippen LogP contribution is 2.22. The molecule has 0 aliphatic carbocycles. The quantitative estimate of drug-likeness (QED) is 0.620.